The molecule has 5 heterocycles. The summed E-state index contributed by atoms with van der Waals surface area (Å²) in [5, 5.41) is 47.4. The number of pyridine rings is 1. The molecule has 0 saturated carbocycles. The number of hydrogen-bond acceptors (Lipinski definition) is 7. The minimum Gasteiger partial charge on any atom is -0.309 e. The molecule has 0 unspecified atom stereocenters. The van der Waals surface area contributed by atoms with Crippen LogP contribution in [0.4, 0.5) is 0 Å². The first-order valence-corrected chi connectivity index (χ1v) is 26.3. The molecule has 0 atom stereocenters. The maximum atomic E-state index is 10.3. The smallest absolute Gasteiger partial charge is 0.139 e. The highest BCUT2D eigenvalue weighted by atomic mass is 32.1. The number of thiazole rings is 1. The van der Waals surface area contributed by atoms with E-state index in [0.717, 1.165) is 103 Å². The molecular weight excluding hydrogens is 975 g/mol. The zero-order valence-electron chi connectivity index (χ0n) is 42.4. The summed E-state index contributed by atoms with van der Waals surface area (Å²) in [5.41, 5.74) is 15.6. The fourth-order valence-electron chi connectivity index (χ4n) is 11.5. The molecule has 10 heteroatoms. The first-order valence-electron chi connectivity index (χ1n) is 25.5. The molecule has 0 amide bonds. The van der Waals surface area contributed by atoms with Crippen molar-refractivity contribution in [3.8, 4) is 74.4 Å². The normalized spacial score (nSPS) is 11.7. The number of nitriles is 4. The second-order valence-corrected chi connectivity index (χ2v) is 21.7. The molecule has 0 spiro atoms. The van der Waals surface area contributed by atoms with Gasteiger partial charge in [0.25, 0.3) is 0 Å². The Labute approximate surface area is 451 Å². The van der Waals surface area contributed by atoms with Crippen molar-refractivity contribution in [1.29, 1.82) is 21.0 Å². The van der Waals surface area contributed by atoms with Crippen molar-refractivity contribution in [2.45, 2.75) is 26.2 Å². The molecule has 0 aliphatic rings. The predicted octanol–water partition coefficient (Wildman–Crippen LogP) is 16.8. The lowest BCUT2D eigenvalue weighted by molar-refractivity contribution is 0.591. The van der Waals surface area contributed by atoms with Crippen LogP contribution in [-0.4, -0.2) is 23.7 Å². The maximum absolute atomic E-state index is 10.3. The quantitative estimate of drug-likeness (QED) is 0.163. The van der Waals surface area contributed by atoms with E-state index in [2.05, 4.69) is 156 Å². The molecule has 0 N–H and O–H groups in total. The van der Waals surface area contributed by atoms with Crippen LogP contribution in [0.2, 0.25) is 0 Å². The van der Waals surface area contributed by atoms with Gasteiger partial charge >= 0.3 is 0 Å². The lowest BCUT2D eigenvalue weighted by atomic mass is 9.86. The molecule has 0 aliphatic heterocycles. The third-order valence-electron chi connectivity index (χ3n) is 15.2. The van der Waals surface area contributed by atoms with Gasteiger partial charge in [0.1, 0.15) is 10.8 Å². The van der Waals surface area contributed by atoms with Gasteiger partial charge in [0.15, 0.2) is 0 Å². The number of fused-ring (bicyclic) bond motifs is 10. The summed E-state index contributed by atoms with van der Waals surface area (Å²) >= 11 is 1.64. The van der Waals surface area contributed by atoms with Gasteiger partial charge in [-0.25, -0.2) is 9.97 Å². The third kappa shape index (κ3) is 7.10. The Balaban J connectivity index is 1.13. The van der Waals surface area contributed by atoms with E-state index in [1.54, 1.807) is 11.3 Å². The van der Waals surface area contributed by atoms with Crippen molar-refractivity contribution in [3.63, 3.8) is 0 Å². The Hall–Kier alpha value is -10.6. The van der Waals surface area contributed by atoms with Crippen LogP contribution >= 0.6 is 11.3 Å². The Morgan fingerprint density at radius 2 is 0.897 bits per heavy atom. The number of para-hydroxylation sites is 2. The molecule has 0 saturated heterocycles. The van der Waals surface area contributed by atoms with E-state index in [9.17, 15) is 21.0 Å². The molecule has 0 bridgehead atoms. The molecular formula is C68H41N9S. The van der Waals surface area contributed by atoms with Crippen LogP contribution in [0.5, 0.6) is 0 Å². The summed E-state index contributed by atoms with van der Waals surface area (Å²) in [4.78, 5) is 11.1. The van der Waals surface area contributed by atoms with E-state index in [1.165, 1.54) is 16.3 Å². The highest BCUT2D eigenvalue weighted by Crippen LogP contribution is 2.47. The van der Waals surface area contributed by atoms with Gasteiger partial charge in [-0.2, -0.15) is 21.0 Å². The van der Waals surface area contributed by atoms with Gasteiger partial charge in [-0.1, -0.05) is 93.6 Å². The van der Waals surface area contributed by atoms with Gasteiger partial charge in [0, 0.05) is 54.7 Å². The first kappa shape index (κ1) is 46.0. The molecule has 0 radical (unpaired) electrons. The van der Waals surface area contributed by atoms with E-state index < -0.39 is 0 Å². The van der Waals surface area contributed by atoms with Crippen LogP contribution in [0.25, 0.3) is 126 Å². The summed E-state index contributed by atoms with van der Waals surface area (Å²) < 4.78 is 7.77. The predicted molar refractivity (Wildman–Crippen MR) is 314 cm³/mol. The van der Waals surface area contributed by atoms with Crippen LogP contribution in [0.3, 0.4) is 0 Å². The van der Waals surface area contributed by atoms with Crippen LogP contribution in [0.1, 0.15) is 48.6 Å². The second kappa shape index (κ2) is 17.5. The number of hydrogen-bond donors (Lipinski definition) is 0. The molecule has 0 fully saturated rings. The van der Waals surface area contributed by atoms with E-state index in [-0.39, 0.29) is 5.41 Å². The number of benzene rings is 9. The minimum atomic E-state index is -0.0309. The SMILES string of the molecule is CC(C)(C)c1ccc2c(c1)c1ccccc1n2-c1ccc(-c2nc(-n3c4ccc(C#N)cc4c4cc(C#N)ccc43)cc(-c3ccccc3-c3nc4ccccc4s3)c2-n2c3ccc(C#N)cc3c3cc(C#N)ccc32)cc1. The van der Waals surface area contributed by atoms with Gasteiger partial charge in [-0.3, -0.25) is 4.57 Å². The van der Waals surface area contributed by atoms with Crippen molar-refractivity contribution < 1.29 is 0 Å². The Kier molecular flexibility index (Phi) is 10.3. The topological polar surface area (TPSA) is 136 Å². The van der Waals surface area contributed by atoms with Crippen molar-refractivity contribution in [2.75, 3.05) is 0 Å². The summed E-state index contributed by atoms with van der Waals surface area (Å²) in [6.07, 6.45) is 0. The summed E-state index contributed by atoms with van der Waals surface area (Å²) in [6, 6.07) is 74.9. The van der Waals surface area contributed by atoms with Gasteiger partial charge in [-0.15, -0.1) is 11.3 Å². The van der Waals surface area contributed by atoms with Crippen molar-refractivity contribution in [1.82, 2.24) is 23.7 Å². The Morgan fingerprint density at radius 3 is 1.47 bits per heavy atom. The average molecular weight is 1020 g/mol. The van der Waals surface area contributed by atoms with Crippen LogP contribution in [0, 0.1) is 45.3 Å². The largest absolute Gasteiger partial charge is 0.309 e. The van der Waals surface area contributed by atoms with Gasteiger partial charge < -0.3 is 9.13 Å². The van der Waals surface area contributed by atoms with Gasteiger partial charge in [0.2, 0.25) is 0 Å². The molecule has 364 valence electrons. The minimum absolute atomic E-state index is 0.0309. The maximum Gasteiger partial charge on any atom is 0.139 e. The van der Waals surface area contributed by atoms with E-state index >= 15 is 0 Å². The van der Waals surface area contributed by atoms with Gasteiger partial charge in [0.05, 0.1) is 101 Å². The average Bonchev–Trinajstić information content (AvgIpc) is 4.42. The zero-order valence-corrected chi connectivity index (χ0v) is 43.2. The number of rotatable bonds is 6. The van der Waals surface area contributed by atoms with E-state index in [0.29, 0.717) is 33.8 Å². The molecule has 9 aromatic carbocycles. The van der Waals surface area contributed by atoms with Crippen molar-refractivity contribution in [2.24, 2.45) is 0 Å². The van der Waals surface area contributed by atoms with E-state index in [4.69, 9.17) is 9.97 Å². The number of aromatic nitrogens is 5. The van der Waals surface area contributed by atoms with Crippen molar-refractivity contribution in [3.05, 3.63) is 222 Å². The lowest BCUT2D eigenvalue weighted by Gasteiger charge is -2.22. The Bertz CT molecular complexity index is 4890. The molecule has 0 aliphatic carbocycles. The Morgan fingerprint density at radius 1 is 0.410 bits per heavy atom. The van der Waals surface area contributed by atoms with Crippen LogP contribution in [0.15, 0.2) is 194 Å². The highest BCUT2D eigenvalue weighted by molar-refractivity contribution is 7.21. The molecule has 5 aromatic heterocycles. The molecule has 78 heavy (non-hydrogen) atoms. The molecule has 9 nitrogen and oxygen atoms in total. The summed E-state index contributed by atoms with van der Waals surface area (Å²) in [5.74, 6) is 0.609. The van der Waals surface area contributed by atoms with Crippen molar-refractivity contribution >= 4 is 87.0 Å². The zero-order chi connectivity index (χ0) is 53.0. The summed E-state index contributed by atoms with van der Waals surface area (Å²) in [7, 11) is 0. The fraction of sp³-hybridized carbons (Fsp3) is 0.0588. The standard InChI is InChI=1S/C68H41N9S/c1-68(2,3)45-22-29-58-54(34-45)48-11-6-8-14-57(48)75(58)46-23-20-44(21-24-46)65-66(77-61-27-18-42(38-71)32-52(61)53-33-43(39-72)19-28-62(53)77)55(47-10-4-5-12-49(47)67-73-56-13-7-9-15-63(56)78-67)35-64(74-65)76-59-25-16-40(36-69)30-50(59)51-31-41(37-70)17-26-60(51)76/h4-35H,1-3H3. The molecule has 14 rings (SSSR count). The highest BCUT2D eigenvalue weighted by Gasteiger charge is 2.27. The van der Waals surface area contributed by atoms with Crippen LogP contribution < -0.4 is 0 Å². The second-order valence-electron chi connectivity index (χ2n) is 20.7. The molecule has 14 aromatic rings. The number of nitrogens with zero attached hydrogens (tertiary/aromatic N) is 9. The van der Waals surface area contributed by atoms with Gasteiger partial charge in [-0.05, 0) is 138 Å². The van der Waals surface area contributed by atoms with Crippen LogP contribution in [-0.2, 0) is 5.41 Å². The fourth-order valence-corrected chi connectivity index (χ4v) is 12.5. The third-order valence-corrected chi connectivity index (χ3v) is 16.2. The lowest BCUT2D eigenvalue weighted by Crippen LogP contribution is -2.10. The first-order chi connectivity index (χ1) is 38.1. The monoisotopic (exact) mass is 1020 g/mol. The van der Waals surface area contributed by atoms with E-state index in [1.807, 2.05) is 97.1 Å². The summed E-state index contributed by atoms with van der Waals surface area (Å²) in [6.45, 7) is 6.74.